The van der Waals surface area contributed by atoms with E-state index >= 15 is 0 Å². The fraction of sp³-hybridized carbons (Fsp3) is 0.474. The average Bonchev–Trinajstić information content (AvgIpc) is 3.08. The molecule has 1 amide bonds. The molecular formula is C19H22N4O3. The molecule has 1 aliphatic heterocycles. The predicted molar refractivity (Wildman–Crippen MR) is 93.7 cm³/mol. The maximum absolute atomic E-state index is 12.8. The molecule has 136 valence electrons. The Morgan fingerprint density at radius 3 is 3.04 bits per heavy atom. The van der Waals surface area contributed by atoms with Gasteiger partial charge in [-0.15, -0.1) is 0 Å². The number of hydrogen-bond donors (Lipinski definition) is 0. The molecule has 2 aliphatic rings. The van der Waals surface area contributed by atoms with Gasteiger partial charge >= 0.3 is 0 Å². The van der Waals surface area contributed by atoms with Gasteiger partial charge in [0.1, 0.15) is 11.4 Å². The van der Waals surface area contributed by atoms with Gasteiger partial charge in [-0.2, -0.15) is 0 Å². The molecule has 26 heavy (non-hydrogen) atoms. The van der Waals surface area contributed by atoms with Crippen molar-refractivity contribution in [2.75, 3.05) is 26.3 Å². The van der Waals surface area contributed by atoms with Gasteiger partial charge in [-0.1, -0.05) is 0 Å². The molecule has 7 heteroatoms. The number of nitrogens with zero attached hydrogens (tertiary/aromatic N) is 4. The Hall–Kier alpha value is -2.54. The molecule has 2 aromatic heterocycles. The molecule has 0 radical (unpaired) electrons. The topological polar surface area (TPSA) is 77.4 Å². The first-order chi connectivity index (χ1) is 12.8. The first-order valence-electron chi connectivity index (χ1n) is 8.99. The molecule has 1 aliphatic carbocycles. The van der Waals surface area contributed by atoms with Gasteiger partial charge in [-0.3, -0.25) is 14.8 Å². The van der Waals surface area contributed by atoms with Crippen molar-refractivity contribution in [3.05, 3.63) is 48.8 Å². The number of hydrogen-bond acceptors (Lipinski definition) is 6. The lowest BCUT2D eigenvalue weighted by molar-refractivity contribution is -0.126. The van der Waals surface area contributed by atoms with Crippen LogP contribution in [0.25, 0.3) is 0 Å². The van der Waals surface area contributed by atoms with Crippen molar-refractivity contribution < 1.29 is 14.3 Å². The van der Waals surface area contributed by atoms with E-state index < -0.39 is 0 Å². The lowest BCUT2D eigenvalue weighted by Crippen LogP contribution is -2.56. The molecule has 0 aromatic carbocycles. The van der Waals surface area contributed by atoms with Gasteiger partial charge < -0.3 is 14.4 Å². The molecule has 2 aromatic rings. The van der Waals surface area contributed by atoms with E-state index in [2.05, 4.69) is 15.0 Å². The number of rotatable bonds is 4. The van der Waals surface area contributed by atoms with Crippen molar-refractivity contribution in [2.45, 2.75) is 24.9 Å². The molecule has 2 fully saturated rings. The van der Waals surface area contributed by atoms with Crippen LogP contribution in [-0.4, -0.2) is 57.7 Å². The fourth-order valence-corrected chi connectivity index (χ4v) is 3.93. The zero-order valence-corrected chi connectivity index (χ0v) is 14.6. The highest BCUT2D eigenvalue weighted by atomic mass is 16.5. The minimum absolute atomic E-state index is 0.0837. The minimum atomic E-state index is -0.335. The molecule has 7 nitrogen and oxygen atoms in total. The van der Waals surface area contributed by atoms with E-state index in [-0.39, 0.29) is 17.4 Å². The summed E-state index contributed by atoms with van der Waals surface area (Å²) < 4.78 is 12.1. The molecule has 2 atom stereocenters. The fourth-order valence-electron chi connectivity index (χ4n) is 3.93. The van der Waals surface area contributed by atoms with E-state index in [1.807, 2.05) is 17.0 Å². The summed E-state index contributed by atoms with van der Waals surface area (Å²) in [6.07, 6.45) is 11.1. The number of pyridine rings is 1. The van der Waals surface area contributed by atoms with Crippen molar-refractivity contribution in [3.8, 4) is 5.75 Å². The van der Waals surface area contributed by atoms with E-state index in [9.17, 15) is 4.79 Å². The van der Waals surface area contributed by atoms with Crippen LogP contribution >= 0.6 is 0 Å². The normalized spacial score (nSPS) is 25.4. The van der Waals surface area contributed by atoms with Crippen molar-refractivity contribution in [3.63, 3.8) is 0 Å². The first-order valence-corrected chi connectivity index (χ1v) is 8.99. The van der Waals surface area contributed by atoms with E-state index in [1.165, 1.54) is 6.20 Å². The summed E-state index contributed by atoms with van der Waals surface area (Å²) in [7, 11) is 0. The molecule has 3 heterocycles. The highest BCUT2D eigenvalue weighted by Gasteiger charge is 2.48. The number of carbonyl (C=O) groups is 1. The SMILES string of the molecule is O=C(c1cnccn1)N1CCO[C@]2(CCC[C@@H]2COc2cccnc2)C1. The smallest absolute Gasteiger partial charge is 0.274 e. The van der Waals surface area contributed by atoms with Crippen molar-refractivity contribution >= 4 is 5.91 Å². The second kappa shape index (κ2) is 7.37. The third-order valence-corrected chi connectivity index (χ3v) is 5.26. The Kier molecular flexibility index (Phi) is 4.79. The van der Waals surface area contributed by atoms with Crippen molar-refractivity contribution in [2.24, 2.45) is 5.92 Å². The Labute approximate surface area is 152 Å². The van der Waals surface area contributed by atoms with E-state index in [0.717, 1.165) is 25.0 Å². The lowest BCUT2D eigenvalue weighted by Gasteiger charge is -2.43. The van der Waals surface area contributed by atoms with E-state index in [1.54, 1.807) is 24.8 Å². The third-order valence-electron chi connectivity index (χ3n) is 5.26. The Morgan fingerprint density at radius 2 is 2.23 bits per heavy atom. The summed E-state index contributed by atoms with van der Waals surface area (Å²) in [5.41, 5.74) is 0.0453. The van der Waals surface area contributed by atoms with Crippen LogP contribution in [-0.2, 0) is 4.74 Å². The average molecular weight is 354 g/mol. The third kappa shape index (κ3) is 3.39. The Bertz CT molecular complexity index is 743. The maximum Gasteiger partial charge on any atom is 0.274 e. The number of aromatic nitrogens is 3. The summed E-state index contributed by atoms with van der Waals surface area (Å²) in [6.45, 7) is 2.26. The van der Waals surface area contributed by atoms with Gasteiger partial charge in [-0.05, 0) is 31.4 Å². The van der Waals surface area contributed by atoms with Crippen LogP contribution in [0.2, 0.25) is 0 Å². The quantitative estimate of drug-likeness (QED) is 0.835. The number of ether oxygens (including phenoxy) is 2. The van der Waals surface area contributed by atoms with Gasteiger partial charge in [-0.25, -0.2) is 4.98 Å². The maximum atomic E-state index is 12.8. The van der Waals surface area contributed by atoms with Crippen LogP contribution in [0.15, 0.2) is 43.1 Å². The van der Waals surface area contributed by atoms with E-state index in [4.69, 9.17) is 9.47 Å². The lowest BCUT2D eigenvalue weighted by atomic mass is 9.89. The number of carbonyl (C=O) groups excluding carboxylic acids is 1. The highest BCUT2D eigenvalue weighted by Crippen LogP contribution is 2.41. The molecular weight excluding hydrogens is 332 g/mol. The molecule has 1 spiro atoms. The highest BCUT2D eigenvalue weighted by molar-refractivity contribution is 5.92. The van der Waals surface area contributed by atoms with Gasteiger partial charge in [0.15, 0.2) is 0 Å². The molecule has 0 bridgehead atoms. The van der Waals surface area contributed by atoms with Crippen molar-refractivity contribution in [1.29, 1.82) is 0 Å². The van der Waals surface area contributed by atoms with Crippen LogP contribution in [0.1, 0.15) is 29.8 Å². The summed E-state index contributed by atoms with van der Waals surface area (Å²) in [5.74, 6) is 0.928. The van der Waals surface area contributed by atoms with Crippen LogP contribution in [0, 0.1) is 5.92 Å². The van der Waals surface area contributed by atoms with Gasteiger partial charge in [0, 0.05) is 31.1 Å². The zero-order valence-electron chi connectivity index (χ0n) is 14.6. The summed E-state index contributed by atoms with van der Waals surface area (Å²) in [6, 6.07) is 3.76. The van der Waals surface area contributed by atoms with Crippen molar-refractivity contribution in [1.82, 2.24) is 19.9 Å². The van der Waals surface area contributed by atoms with Gasteiger partial charge in [0.2, 0.25) is 0 Å². The Morgan fingerprint density at radius 1 is 1.31 bits per heavy atom. The number of morpholine rings is 1. The standard InChI is InChI=1S/C19H22N4O3/c24-18(17-12-21-7-8-22-17)23-9-10-26-19(14-23)5-1-3-15(19)13-25-16-4-2-6-20-11-16/h2,4,6-8,11-12,15H,1,3,5,9-10,13-14H2/t15-,19-/m1/s1. The summed E-state index contributed by atoms with van der Waals surface area (Å²) in [4.78, 5) is 26.8. The molecule has 0 unspecified atom stereocenters. The second-order valence-corrected chi connectivity index (χ2v) is 6.82. The molecule has 1 saturated heterocycles. The predicted octanol–water partition coefficient (Wildman–Crippen LogP) is 1.96. The zero-order chi connectivity index (χ0) is 17.8. The largest absolute Gasteiger partial charge is 0.492 e. The Balaban J connectivity index is 1.45. The van der Waals surface area contributed by atoms with E-state index in [0.29, 0.717) is 32.0 Å². The number of amides is 1. The van der Waals surface area contributed by atoms with Gasteiger partial charge in [0.25, 0.3) is 5.91 Å². The summed E-state index contributed by atoms with van der Waals surface area (Å²) >= 11 is 0. The van der Waals surface area contributed by atoms with Crippen LogP contribution in [0.5, 0.6) is 5.75 Å². The monoisotopic (exact) mass is 354 g/mol. The van der Waals surface area contributed by atoms with Crippen LogP contribution < -0.4 is 4.74 Å². The molecule has 4 rings (SSSR count). The molecule has 0 N–H and O–H groups in total. The van der Waals surface area contributed by atoms with Crippen LogP contribution in [0.4, 0.5) is 0 Å². The summed E-state index contributed by atoms with van der Waals surface area (Å²) in [5, 5.41) is 0. The first kappa shape index (κ1) is 16.9. The molecule has 1 saturated carbocycles. The second-order valence-electron chi connectivity index (χ2n) is 6.82. The van der Waals surface area contributed by atoms with Gasteiger partial charge in [0.05, 0.1) is 37.8 Å². The van der Waals surface area contributed by atoms with Crippen LogP contribution in [0.3, 0.4) is 0 Å². The minimum Gasteiger partial charge on any atom is -0.492 e.